The average Bonchev–Trinajstić information content (AvgIpc) is 2.79. The second-order valence-corrected chi connectivity index (χ2v) is 7.13. The number of hydrogen-bond donors (Lipinski definition) is 0. The van der Waals surface area contributed by atoms with Gasteiger partial charge in [-0.15, -0.1) is 0 Å². The number of halogens is 2. The lowest BCUT2D eigenvalue weighted by molar-refractivity contribution is 0.208. The molecule has 6 nitrogen and oxygen atoms in total. The molecule has 1 aromatic carbocycles. The number of sulfonamides is 1. The molecule has 0 amide bonds. The Morgan fingerprint density at radius 3 is 2.64 bits per heavy atom. The van der Waals surface area contributed by atoms with Gasteiger partial charge >= 0.3 is 0 Å². The second kappa shape index (κ2) is 6.35. The molecule has 0 radical (unpaired) electrons. The van der Waals surface area contributed by atoms with Crippen LogP contribution in [0, 0.1) is 19.7 Å². The summed E-state index contributed by atoms with van der Waals surface area (Å²) in [5.74, 6) is -0.0772. The summed E-state index contributed by atoms with van der Waals surface area (Å²) < 4.78 is 50.1. The number of rotatable bonds is 5. The molecule has 1 heterocycles. The van der Waals surface area contributed by atoms with Gasteiger partial charge in [-0.05, 0) is 41.9 Å². The van der Waals surface area contributed by atoms with Crippen LogP contribution < -0.4 is 4.31 Å². The Morgan fingerprint density at radius 1 is 1.41 bits per heavy atom. The lowest BCUT2D eigenvalue weighted by atomic mass is 10.3. The van der Waals surface area contributed by atoms with Crippen LogP contribution in [0.5, 0.6) is 0 Å². The van der Waals surface area contributed by atoms with Crippen molar-refractivity contribution in [2.75, 3.05) is 18.1 Å². The third-order valence-electron chi connectivity index (χ3n) is 3.10. The monoisotopic (exact) mass is 392 g/mol. The lowest BCUT2D eigenvalue weighted by Crippen LogP contribution is -2.34. The Labute approximate surface area is 136 Å². The van der Waals surface area contributed by atoms with E-state index in [1.807, 2.05) is 0 Å². The minimum atomic E-state index is -4.08. The lowest BCUT2D eigenvalue weighted by Gasteiger charge is -2.22. The Balaban J connectivity index is 2.61. The summed E-state index contributed by atoms with van der Waals surface area (Å²) in [5.41, 5.74) is 0.563. The van der Waals surface area contributed by atoms with Gasteiger partial charge in [0.2, 0.25) is 0 Å². The Kier molecular flexibility index (Phi) is 4.88. The molecule has 0 bridgehead atoms. The maximum Gasteiger partial charge on any atom is 0.268 e. The zero-order valence-electron chi connectivity index (χ0n) is 12.1. The number of methoxy groups -OCH3 is 1. The number of benzene rings is 1. The van der Waals surface area contributed by atoms with Gasteiger partial charge in [0.1, 0.15) is 23.2 Å². The molecule has 0 spiro atoms. The number of nitrogens with zero attached hydrogens (tertiary/aromatic N) is 2. The number of ether oxygens (including phenoxy) is 1. The van der Waals surface area contributed by atoms with Crippen LogP contribution in [0.4, 0.5) is 10.2 Å². The van der Waals surface area contributed by atoms with E-state index in [-0.39, 0.29) is 21.9 Å². The third-order valence-corrected chi connectivity index (χ3v) is 5.92. The minimum absolute atomic E-state index is 0.107. The van der Waals surface area contributed by atoms with Gasteiger partial charge in [-0.25, -0.2) is 17.1 Å². The summed E-state index contributed by atoms with van der Waals surface area (Å²) >= 11 is 2.97. The van der Waals surface area contributed by atoms with E-state index >= 15 is 0 Å². The highest BCUT2D eigenvalue weighted by Crippen LogP contribution is 2.31. The van der Waals surface area contributed by atoms with Gasteiger partial charge in [-0.3, -0.25) is 0 Å². The van der Waals surface area contributed by atoms with Crippen LogP contribution in [-0.2, 0) is 14.8 Å². The van der Waals surface area contributed by atoms with E-state index in [1.165, 1.54) is 19.2 Å². The smallest absolute Gasteiger partial charge is 0.268 e. The van der Waals surface area contributed by atoms with E-state index < -0.39 is 15.8 Å². The van der Waals surface area contributed by atoms with Crippen LogP contribution in [0.2, 0.25) is 0 Å². The predicted molar refractivity (Wildman–Crippen MR) is 81.6 cm³/mol. The van der Waals surface area contributed by atoms with Gasteiger partial charge in [-0.1, -0.05) is 11.2 Å². The van der Waals surface area contributed by atoms with Crippen molar-refractivity contribution in [1.29, 1.82) is 0 Å². The van der Waals surface area contributed by atoms with E-state index in [1.54, 1.807) is 13.8 Å². The van der Waals surface area contributed by atoms with Crippen molar-refractivity contribution >= 4 is 31.8 Å². The first kappa shape index (κ1) is 16.9. The second-order valence-electron chi connectivity index (χ2n) is 4.51. The topological polar surface area (TPSA) is 72.6 Å². The van der Waals surface area contributed by atoms with Gasteiger partial charge in [0.25, 0.3) is 10.0 Å². The summed E-state index contributed by atoms with van der Waals surface area (Å²) in [7, 11) is -2.73. The molecule has 2 rings (SSSR count). The van der Waals surface area contributed by atoms with Crippen molar-refractivity contribution in [3.63, 3.8) is 0 Å². The summed E-state index contributed by atoms with van der Waals surface area (Å²) in [6.07, 6.45) is 0. The molecule has 0 aliphatic heterocycles. The van der Waals surface area contributed by atoms with Crippen LogP contribution in [-0.4, -0.2) is 27.4 Å². The molecule has 0 saturated carbocycles. The van der Waals surface area contributed by atoms with Gasteiger partial charge in [-0.2, -0.15) is 0 Å². The summed E-state index contributed by atoms with van der Waals surface area (Å²) in [4.78, 5) is -0.218. The number of aromatic nitrogens is 1. The Morgan fingerprint density at radius 2 is 2.09 bits per heavy atom. The largest absolute Gasteiger partial charge is 0.363 e. The zero-order valence-corrected chi connectivity index (χ0v) is 14.5. The van der Waals surface area contributed by atoms with E-state index in [0.717, 1.165) is 10.4 Å². The van der Waals surface area contributed by atoms with E-state index in [2.05, 4.69) is 21.1 Å². The van der Waals surface area contributed by atoms with Gasteiger partial charge in [0, 0.05) is 12.7 Å². The van der Waals surface area contributed by atoms with Crippen LogP contribution in [0.15, 0.2) is 32.1 Å². The van der Waals surface area contributed by atoms with E-state index in [9.17, 15) is 12.8 Å². The quantitative estimate of drug-likeness (QED) is 0.731. The van der Waals surface area contributed by atoms with Crippen LogP contribution in [0.3, 0.4) is 0 Å². The molecule has 22 heavy (non-hydrogen) atoms. The van der Waals surface area contributed by atoms with Crippen molar-refractivity contribution < 1.29 is 22.1 Å². The minimum Gasteiger partial charge on any atom is -0.363 e. The molecule has 9 heteroatoms. The number of anilines is 1. The summed E-state index contributed by atoms with van der Waals surface area (Å²) in [6, 6.07) is 3.78. The molecule has 120 valence electrons. The van der Waals surface area contributed by atoms with E-state index in [0.29, 0.717) is 11.3 Å². The van der Waals surface area contributed by atoms with E-state index in [4.69, 9.17) is 9.26 Å². The van der Waals surface area contributed by atoms with Crippen molar-refractivity contribution in [1.82, 2.24) is 5.16 Å². The SMILES string of the molecule is COCN(c1noc(C)c1C)S(=O)(=O)c1cccc(F)c1Br. The van der Waals surface area contributed by atoms with Crippen LogP contribution in [0.25, 0.3) is 0 Å². The highest BCUT2D eigenvalue weighted by atomic mass is 79.9. The molecule has 0 aliphatic rings. The molecular formula is C13H14BrFN2O4S. The fraction of sp³-hybridized carbons (Fsp3) is 0.308. The van der Waals surface area contributed by atoms with Crippen molar-refractivity contribution in [3.8, 4) is 0 Å². The van der Waals surface area contributed by atoms with Gasteiger partial charge < -0.3 is 9.26 Å². The first-order valence-corrected chi connectivity index (χ1v) is 8.42. The highest BCUT2D eigenvalue weighted by Gasteiger charge is 2.31. The van der Waals surface area contributed by atoms with Crippen molar-refractivity contribution in [2.24, 2.45) is 0 Å². The molecule has 0 fully saturated rings. The van der Waals surface area contributed by atoms with Crippen molar-refractivity contribution in [2.45, 2.75) is 18.7 Å². The number of aryl methyl sites for hydroxylation is 1. The Bertz CT molecular complexity index is 791. The molecule has 0 N–H and O–H groups in total. The molecule has 0 aliphatic carbocycles. The molecular weight excluding hydrogens is 379 g/mol. The van der Waals surface area contributed by atoms with Crippen LogP contribution >= 0.6 is 15.9 Å². The fourth-order valence-corrected chi connectivity index (χ4v) is 4.13. The maximum atomic E-state index is 13.6. The molecule has 2 aromatic rings. The number of hydrogen-bond acceptors (Lipinski definition) is 5. The standard InChI is InChI=1S/C13H14BrFN2O4S/c1-8-9(2)21-16-13(8)17(7-20-3)22(18,19)11-6-4-5-10(15)12(11)14/h4-6H,7H2,1-3H3. The maximum absolute atomic E-state index is 13.6. The molecule has 1 aromatic heterocycles. The zero-order chi connectivity index (χ0) is 16.5. The highest BCUT2D eigenvalue weighted by molar-refractivity contribution is 9.10. The summed E-state index contributed by atoms with van der Waals surface area (Å²) in [6.45, 7) is 3.07. The third kappa shape index (κ3) is 2.88. The first-order valence-electron chi connectivity index (χ1n) is 6.19. The fourth-order valence-electron chi connectivity index (χ4n) is 1.80. The normalized spacial score (nSPS) is 11.7. The van der Waals surface area contributed by atoms with Crippen LogP contribution in [0.1, 0.15) is 11.3 Å². The Hall–Kier alpha value is -1.45. The van der Waals surface area contributed by atoms with Gasteiger partial charge in [0.15, 0.2) is 5.82 Å². The molecule has 0 saturated heterocycles. The predicted octanol–water partition coefficient (Wildman–Crippen LogP) is 2.99. The molecule has 0 unspecified atom stereocenters. The molecule has 0 atom stereocenters. The average molecular weight is 393 g/mol. The summed E-state index contributed by atoms with van der Waals surface area (Å²) in [5, 5.41) is 3.76. The van der Waals surface area contributed by atoms with Crippen molar-refractivity contribution in [3.05, 3.63) is 39.8 Å². The van der Waals surface area contributed by atoms with Gasteiger partial charge in [0.05, 0.1) is 4.47 Å². The first-order chi connectivity index (χ1) is 10.3.